The molecule has 1 heterocycles. The van der Waals surface area contributed by atoms with Gasteiger partial charge < -0.3 is 15.3 Å². The molecule has 1 unspecified atom stereocenters. The van der Waals surface area contributed by atoms with Gasteiger partial charge >= 0.3 is 5.97 Å². The number of aliphatic carboxylic acids is 1. The molecule has 1 atom stereocenters. The highest BCUT2D eigenvalue weighted by Gasteiger charge is 2.18. The zero-order chi connectivity index (χ0) is 9.84. The molecule has 1 aromatic rings. The Morgan fingerprint density at radius 3 is 2.77 bits per heavy atom. The molecule has 0 aromatic carbocycles. The lowest BCUT2D eigenvalue weighted by Crippen LogP contribution is -2.32. The molecule has 0 spiro atoms. The first kappa shape index (κ1) is 9.47. The number of carbonyl (C=O) groups excluding carboxylic acids is 1. The van der Waals surface area contributed by atoms with E-state index in [-0.39, 0.29) is 12.2 Å². The van der Waals surface area contributed by atoms with Crippen LogP contribution in [-0.2, 0) is 4.79 Å². The van der Waals surface area contributed by atoms with Crippen molar-refractivity contribution in [3.05, 3.63) is 24.2 Å². The van der Waals surface area contributed by atoms with Gasteiger partial charge in [0.05, 0.1) is 6.26 Å². The summed E-state index contributed by atoms with van der Waals surface area (Å²) in [5, 5.41) is 8.42. The van der Waals surface area contributed by atoms with Gasteiger partial charge in [-0.2, -0.15) is 0 Å². The predicted octanol–water partition coefficient (Wildman–Crippen LogP) is 0.264. The molecule has 1 rings (SSSR count). The summed E-state index contributed by atoms with van der Waals surface area (Å²) in [7, 11) is 0. The molecule has 5 heteroatoms. The molecule has 0 saturated carbocycles. The Labute approximate surface area is 74.1 Å². The summed E-state index contributed by atoms with van der Waals surface area (Å²) >= 11 is 0. The van der Waals surface area contributed by atoms with Crippen molar-refractivity contribution >= 4 is 11.8 Å². The Bertz CT molecular complexity index is 304. The van der Waals surface area contributed by atoms with Gasteiger partial charge in [-0.1, -0.05) is 0 Å². The van der Waals surface area contributed by atoms with Crippen molar-refractivity contribution in [2.24, 2.45) is 5.73 Å². The SMILES string of the molecule is NC(CC(=O)c1ccco1)C(=O)O. The molecule has 0 aliphatic rings. The van der Waals surface area contributed by atoms with Crippen LogP contribution in [0.2, 0.25) is 0 Å². The highest BCUT2D eigenvalue weighted by atomic mass is 16.4. The molecule has 5 nitrogen and oxygen atoms in total. The van der Waals surface area contributed by atoms with Crippen LogP contribution in [0.3, 0.4) is 0 Å². The van der Waals surface area contributed by atoms with Gasteiger partial charge in [0.2, 0.25) is 0 Å². The van der Waals surface area contributed by atoms with Gasteiger partial charge in [-0.15, -0.1) is 0 Å². The molecular formula is C8H9NO4. The second-order valence-corrected chi connectivity index (χ2v) is 2.55. The number of hydrogen-bond donors (Lipinski definition) is 2. The number of Topliss-reactive ketones (excluding diaryl/α,β-unsaturated/α-hetero) is 1. The van der Waals surface area contributed by atoms with Gasteiger partial charge in [0.15, 0.2) is 11.5 Å². The fourth-order valence-electron chi connectivity index (χ4n) is 0.825. The van der Waals surface area contributed by atoms with E-state index in [1.807, 2.05) is 0 Å². The lowest BCUT2D eigenvalue weighted by molar-refractivity contribution is -0.138. The highest BCUT2D eigenvalue weighted by molar-refractivity contribution is 5.96. The van der Waals surface area contributed by atoms with Crippen molar-refractivity contribution in [1.82, 2.24) is 0 Å². The average Bonchev–Trinajstić information content (AvgIpc) is 2.55. The van der Waals surface area contributed by atoms with E-state index in [9.17, 15) is 9.59 Å². The van der Waals surface area contributed by atoms with E-state index in [0.29, 0.717) is 0 Å². The lowest BCUT2D eigenvalue weighted by Gasteiger charge is -2.02. The van der Waals surface area contributed by atoms with E-state index in [1.54, 1.807) is 6.07 Å². The highest BCUT2D eigenvalue weighted by Crippen LogP contribution is 2.05. The Kier molecular flexibility index (Phi) is 2.81. The summed E-state index contributed by atoms with van der Waals surface area (Å²) in [4.78, 5) is 21.5. The molecule has 13 heavy (non-hydrogen) atoms. The second kappa shape index (κ2) is 3.86. The third-order valence-electron chi connectivity index (χ3n) is 1.52. The van der Waals surface area contributed by atoms with Gasteiger partial charge in [-0.3, -0.25) is 9.59 Å². The molecule has 3 N–H and O–H groups in total. The van der Waals surface area contributed by atoms with Crippen LogP contribution in [0, 0.1) is 0 Å². The Morgan fingerprint density at radius 1 is 1.62 bits per heavy atom. The summed E-state index contributed by atoms with van der Waals surface area (Å²) in [5.74, 6) is -1.46. The summed E-state index contributed by atoms with van der Waals surface area (Å²) < 4.78 is 4.78. The fourth-order valence-corrected chi connectivity index (χ4v) is 0.825. The van der Waals surface area contributed by atoms with Crippen LogP contribution in [0.4, 0.5) is 0 Å². The van der Waals surface area contributed by atoms with Gasteiger partial charge in [0.1, 0.15) is 6.04 Å². The topological polar surface area (TPSA) is 93.5 Å². The van der Waals surface area contributed by atoms with Crippen LogP contribution in [0.5, 0.6) is 0 Å². The number of ketones is 1. The monoisotopic (exact) mass is 183 g/mol. The van der Waals surface area contributed by atoms with Crippen LogP contribution in [0.15, 0.2) is 22.8 Å². The number of carboxylic acids is 1. The van der Waals surface area contributed by atoms with Gasteiger partial charge in [-0.05, 0) is 12.1 Å². The molecule has 0 aliphatic carbocycles. The molecule has 0 radical (unpaired) electrons. The molecule has 0 aliphatic heterocycles. The first-order valence-corrected chi connectivity index (χ1v) is 3.66. The van der Waals surface area contributed by atoms with Crippen molar-refractivity contribution in [3.63, 3.8) is 0 Å². The summed E-state index contributed by atoms with van der Waals surface area (Å²) in [6.45, 7) is 0. The third-order valence-corrected chi connectivity index (χ3v) is 1.52. The normalized spacial score (nSPS) is 12.4. The van der Waals surface area contributed by atoms with Crippen molar-refractivity contribution in [2.45, 2.75) is 12.5 Å². The number of carboxylic acid groups (broad SMARTS) is 1. The van der Waals surface area contributed by atoms with Crippen LogP contribution in [0.1, 0.15) is 17.0 Å². The summed E-state index contributed by atoms with van der Waals surface area (Å²) in [5.41, 5.74) is 5.16. The molecule has 0 fully saturated rings. The maximum absolute atomic E-state index is 11.2. The number of hydrogen-bond acceptors (Lipinski definition) is 4. The van der Waals surface area contributed by atoms with Gasteiger partial charge in [-0.25, -0.2) is 0 Å². The Balaban J connectivity index is 2.56. The third kappa shape index (κ3) is 2.41. The molecular weight excluding hydrogens is 174 g/mol. The maximum Gasteiger partial charge on any atom is 0.320 e. The van der Waals surface area contributed by atoms with Crippen molar-refractivity contribution < 1.29 is 19.1 Å². The molecule has 0 saturated heterocycles. The minimum atomic E-state index is -1.19. The van der Waals surface area contributed by atoms with E-state index in [0.717, 1.165) is 0 Å². The minimum absolute atomic E-state index is 0.136. The van der Waals surface area contributed by atoms with Crippen molar-refractivity contribution in [3.8, 4) is 0 Å². The minimum Gasteiger partial charge on any atom is -0.480 e. The molecule has 0 bridgehead atoms. The fraction of sp³-hybridized carbons (Fsp3) is 0.250. The summed E-state index contributed by atoms with van der Waals surface area (Å²) in [6.07, 6.45) is 1.10. The van der Waals surface area contributed by atoms with E-state index < -0.39 is 17.8 Å². The Morgan fingerprint density at radius 2 is 2.31 bits per heavy atom. The van der Waals surface area contributed by atoms with E-state index >= 15 is 0 Å². The quantitative estimate of drug-likeness (QED) is 0.653. The molecule has 70 valence electrons. The smallest absolute Gasteiger partial charge is 0.320 e. The Hall–Kier alpha value is -1.62. The van der Waals surface area contributed by atoms with Crippen LogP contribution in [0.25, 0.3) is 0 Å². The van der Waals surface area contributed by atoms with Crippen molar-refractivity contribution in [1.29, 1.82) is 0 Å². The number of carbonyl (C=O) groups is 2. The standard InChI is InChI=1S/C8H9NO4/c9-5(8(11)12)4-6(10)7-2-1-3-13-7/h1-3,5H,4,9H2,(H,11,12). The van der Waals surface area contributed by atoms with Crippen molar-refractivity contribution in [2.75, 3.05) is 0 Å². The van der Waals surface area contributed by atoms with Crippen LogP contribution < -0.4 is 5.73 Å². The summed E-state index contributed by atoms with van der Waals surface area (Å²) in [6, 6.07) is 1.86. The maximum atomic E-state index is 11.2. The number of nitrogens with two attached hydrogens (primary N) is 1. The predicted molar refractivity (Wildman–Crippen MR) is 43.3 cm³/mol. The lowest BCUT2D eigenvalue weighted by atomic mass is 10.1. The van der Waals surface area contributed by atoms with E-state index in [1.165, 1.54) is 12.3 Å². The first-order valence-electron chi connectivity index (χ1n) is 3.66. The number of rotatable bonds is 4. The molecule has 0 amide bonds. The van der Waals surface area contributed by atoms with Gasteiger partial charge in [0.25, 0.3) is 0 Å². The zero-order valence-corrected chi connectivity index (χ0v) is 6.77. The largest absolute Gasteiger partial charge is 0.480 e. The van der Waals surface area contributed by atoms with Crippen LogP contribution >= 0.6 is 0 Å². The van der Waals surface area contributed by atoms with Gasteiger partial charge in [0, 0.05) is 6.42 Å². The zero-order valence-electron chi connectivity index (χ0n) is 6.77. The first-order chi connectivity index (χ1) is 6.11. The van der Waals surface area contributed by atoms with Crippen LogP contribution in [-0.4, -0.2) is 22.9 Å². The van der Waals surface area contributed by atoms with E-state index in [2.05, 4.69) is 0 Å². The number of furan rings is 1. The average molecular weight is 183 g/mol. The van der Waals surface area contributed by atoms with E-state index in [4.69, 9.17) is 15.3 Å². The molecule has 1 aromatic heterocycles. The second-order valence-electron chi connectivity index (χ2n) is 2.55.